The molecule has 0 radical (unpaired) electrons. The molecular formula is C19H21N5O2. The Morgan fingerprint density at radius 2 is 1.96 bits per heavy atom. The van der Waals surface area contributed by atoms with Gasteiger partial charge in [0.05, 0.1) is 22.8 Å². The largest absolute Gasteiger partial charge is 0.508 e. The average molecular weight is 351 g/mol. The number of rotatable bonds is 3. The van der Waals surface area contributed by atoms with Crippen molar-refractivity contribution in [3.63, 3.8) is 0 Å². The normalized spacial score (nSPS) is 15.3. The van der Waals surface area contributed by atoms with Gasteiger partial charge in [0.2, 0.25) is 0 Å². The molecule has 2 aromatic heterocycles. The molecule has 3 aromatic rings. The van der Waals surface area contributed by atoms with Crippen LogP contribution in [0.15, 0.2) is 36.5 Å². The SMILES string of the molecule is CN(C(=O)c1cc(-c2ccc(O)cc2)nc2[nH]ncc12)C1CCNCC1. The van der Waals surface area contributed by atoms with E-state index in [4.69, 9.17) is 0 Å². The molecule has 1 aromatic carbocycles. The smallest absolute Gasteiger partial charge is 0.254 e. The monoisotopic (exact) mass is 351 g/mol. The Balaban J connectivity index is 1.74. The third kappa shape index (κ3) is 3.01. The number of pyridine rings is 1. The molecule has 1 saturated heterocycles. The summed E-state index contributed by atoms with van der Waals surface area (Å²) in [4.78, 5) is 19.6. The van der Waals surface area contributed by atoms with Crippen molar-refractivity contribution in [3.8, 4) is 17.0 Å². The fraction of sp³-hybridized carbons (Fsp3) is 0.316. The maximum Gasteiger partial charge on any atom is 0.254 e. The summed E-state index contributed by atoms with van der Waals surface area (Å²) < 4.78 is 0. The highest BCUT2D eigenvalue weighted by Crippen LogP contribution is 2.26. The first-order chi connectivity index (χ1) is 12.6. The molecule has 7 nitrogen and oxygen atoms in total. The van der Waals surface area contributed by atoms with Crippen molar-refractivity contribution in [3.05, 3.63) is 42.1 Å². The number of carbonyl (C=O) groups is 1. The van der Waals surface area contributed by atoms with Crippen LogP contribution in [0.1, 0.15) is 23.2 Å². The second-order valence-corrected chi connectivity index (χ2v) is 6.63. The van der Waals surface area contributed by atoms with E-state index in [2.05, 4.69) is 20.5 Å². The molecule has 134 valence electrons. The number of phenols is 1. The second kappa shape index (κ2) is 6.76. The summed E-state index contributed by atoms with van der Waals surface area (Å²) in [5, 5.41) is 20.5. The van der Waals surface area contributed by atoms with Crippen molar-refractivity contribution in [1.29, 1.82) is 0 Å². The number of hydrogen-bond donors (Lipinski definition) is 3. The van der Waals surface area contributed by atoms with Crippen LogP contribution in [0.5, 0.6) is 5.75 Å². The van der Waals surface area contributed by atoms with Crippen LogP contribution in [0.4, 0.5) is 0 Å². The Bertz CT molecular complexity index is 929. The molecule has 1 aliphatic rings. The number of fused-ring (bicyclic) bond motifs is 1. The topological polar surface area (TPSA) is 94.1 Å². The van der Waals surface area contributed by atoms with Gasteiger partial charge in [0, 0.05) is 18.7 Å². The molecular weight excluding hydrogens is 330 g/mol. The number of nitrogens with zero attached hydrogens (tertiary/aromatic N) is 3. The molecule has 0 aliphatic carbocycles. The molecule has 26 heavy (non-hydrogen) atoms. The number of hydrogen-bond acceptors (Lipinski definition) is 5. The summed E-state index contributed by atoms with van der Waals surface area (Å²) in [5.74, 6) is 0.170. The van der Waals surface area contributed by atoms with Gasteiger partial charge in [-0.05, 0) is 56.3 Å². The van der Waals surface area contributed by atoms with Crippen molar-refractivity contribution in [2.24, 2.45) is 0 Å². The zero-order valence-electron chi connectivity index (χ0n) is 14.6. The van der Waals surface area contributed by atoms with E-state index in [-0.39, 0.29) is 17.7 Å². The van der Waals surface area contributed by atoms with Crippen molar-refractivity contribution in [2.75, 3.05) is 20.1 Å². The minimum Gasteiger partial charge on any atom is -0.508 e. The van der Waals surface area contributed by atoms with E-state index in [1.807, 2.05) is 18.0 Å². The van der Waals surface area contributed by atoms with Crippen molar-refractivity contribution in [1.82, 2.24) is 25.4 Å². The number of piperidine rings is 1. The minimum absolute atomic E-state index is 0.0225. The number of amides is 1. The zero-order chi connectivity index (χ0) is 18.1. The lowest BCUT2D eigenvalue weighted by Crippen LogP contribution is -2.44. The highest BCUT2D eigenvalue weighted by Gasteiger charge is 2.25. The van der Waals surface area contributed by atoms with Gasteiger partial charge >= 0.3 is 0 Å². The first kappa shape index (κ1) is 16.5. The quantitative estimate of drug-likeness (QED) is 0.672. The van der Waals surface area contributed by atoms with E-state index in [1.165, 1.54) is 0 Å². The van der Waals surface area contributed by atoms with Gasteiger partial charge in [-0.25, -0.2) is 4.98 Å². The maximum absolute atomic E-state index is 13.2. The lowest BCUT2D eigenvalue weighted by Gasteiger charge is -2.31. The summed E-state index contributed by atoms with van der Waals surface area (Å²) >= 11 is 0. The first-order valence-electron chi connectivity index (χ1n) is 8.75. The summed E-state index contributed by atoms with van der Waals surface area (Å²) in [6.45, 7) is 1.86. The summed E-state index contributed by atoms with van der Waals surface area (Å²) in [6.07, 6.45) is 3.55. The predicted molar refractivity (Wildman–Crippen MR) is 99.0 cm³/mol. The van der Waals surface area contributed by atoms with Crippen molar-refractivity contribution in [2.45, 2.75) is 18.9 Å². The number of benzene rings is 1. The molecule has 1 fully saturated rings. The van der Waals surface area contributed by atoms with E-state index >= 15 is 0 Å². The Morgan fingerprint density at radius 3 is 2.69 bits per heavy atom. The maximum atomic E-state index is 13.2. The molecule has 0 bridgehead atoms. The molecule has 0 atom stereocenters. The van der Waals surface area contributed by atoms with Crippen LogP contribution in [0, 0.1) is 0 Å². The second-order valence-electron chi connectivity index (χ2n) is 6.63. The molecule has 0 unspecified atom stereocenters. The summed E-state index contributed by atoms with van der Waals surface area (Å²) in [7, 11) is 1.87. The Kier molecular flexibility index (Phi) is 4.30. The van der Waals surface area contributed by atoms with Gasteiger partial charge in [-0.3, -0.25) is 9.89 Å². The number of nitrogens with one attached hydrogen (secondary N) is 2. The molecule has 7 heteroatoms. The Morgan fingerprint density at radius 1 is 1.23 bits per heavy atom. The lowest BCUT2D eigenvalue weighted by atomic mass is 10.0. The number of aromatic hydroxyl groups is 1. The Hall–Kier alpha value is -2.93. The number of aromatic nitrogens is 3. The van der Waals surface area contributed by atoms with Crippen LogP contribution in [-0.2, 0) is 0 Å². The van der Waals surface area contributed by atoms with Gasteiger partial charge in [0.15, 0.2) is 5.65 Å². The molecule has 3 heterocycles. The average Bonchev–Trinajstić information content (AvgIpc) is 3.16. The molecule has 0 saturated carbocycles. The van der Waals surface area contributed by atoms with Crippen LogP contribution in [-0.4, -0.2) is 57.3 Å². The highest BCUT2D eigenvalue weighted by molar-refractivity contribution is 6.06. The van der Waals surface area contributed by atoms with Gasteiger partial charge in [-0.2, -0.15) is 5.10 Å². The molecule has 0 spiro atoms. The fourth-order valence-electron chi connectivity index (χ4n) is 3.44. The van der Waals surface area contributed by atoms with Gasteiger partial charge in [0.1, 0.15) is 5.75 Å². The Labute approximate surface area is 151 Å². The van der Waals surface area contributed by atoms with E-state index in [9.17, 15) is 9.90 Å². The standard InChI is InChI=1S/C19H21N5O2/c1-24(13-6-8-20-9-7-13)19(26)15-10-17(12-2-4-14(25)5-3-12)22-18-16(15)11-21-23-18/h2-5,10-11,13,20,25H,6-9H2,1H3,(H,21,22,23). The van der Waals surface area contributed by atoms with Crippen LogP contribution in [0.25, 0.3) is 22.3 Å². The number of H-pyrrole nitrogens is 1. The molecule has 3 N–H and O–H groups in total. The van der Waals surface area contributed by atoms with Gasteiger partial charge < -0.3 is 15.3 Å². The van der Waals surface area contributed by atoms with Gasteiger partial charge in [-0.1, -0.05) is 0 Å². The lowest BCUT2D eigenvalue weighted by molar-refractivity contribution is 0.0705. The molecule has 4 rings (SSSR count). The number of phenolic OH excluding ortho intramolecular Hbond substituents is 1. The summed E-state index contributed by atoms with van der Waals surface area (Å²) in [5.41, 5.74) is 2.67. The minimum atomic E-state index is -0.0225. The molecule has 1 amide bonds. The van der Waals surface area contributed by atoms with Crippen molar-refractivity contribution < 1.29 is 9.90 Å². The van der Waals surface area contributed by atoms with Crippen LogP contribution in [0.3, 0.4) is 0 Å². The van der Waals surface area contributed by atoms with Crippen molar-refractivity contribution >= 4 is 16.9 Å². The zero-order valence-corrected chi connectivity index (χ0v) is 14.6. The fourth-order valence-corrected chi connectivity index (χ4v) is 3.44. The first-order valence-corrected chi connectivity index (χ1v) is 8.75. The van der Waals surface area contributed by atoms with E-state index in [0.29, 0.717) is 16.9 Å². The third-order valence-electron chi connectivity index (χ3n) is 4.99. The van der Waals surface area contributed by atoms with Crippen LogP contribution < -0.4 is 5.32 Å². The van der Waals surface area contributed by atoms with Gasteiger partial charge in [0.25, 0.3) is 5.91 Å². The van der Waals surface area contributed by atoms with E-state index in [1.54, 1.807) is 30.5 Å². The van der Waals surface area contributed by atoms with Crippen LogP contribution >= 0.6 is 0 Å². The van der Waals surface area contributed by atoms with E-state index < -0.39 is 0 Å². The summed E-state index contributed by atoms with van der Waals surface area (Å²) in [6, 6.07) is 8.82. The predicted octanol–water partition coefficient (Wildman–Crippen LogP) is 2.15. The number of carbonyl (C=O) groups excluding carboxylic acids is 1. The molecule has 1 aliphatic heterocycles. The van der Waals surface area contributed by atoms with Gasteiger partial charge in [-0.15, -0.1) is 0 Å². The number of aromatic amines is 1. The highest BCUT2D eigenvalue weighted by atomic mass is 16.3. The van der Waals surface area contributed by atoms with E-state index in [0.717, 1.165) is 36.9 Å². The van der Waals surface area contributed by atoms with Crippen LogP contribution in [0.2, 0.25) is 0 Å². The third-order valence-corrected chi connectivity index (χ3v) is 4.99.